The quantitative estimate of drug-likeness (QED) is 0.639. The average Bonchev–Trinajstić information content (AvgIpc) is 3.02. The summed E-state index contributed by atoms with van der Waals surface area (Å²) in [6.45, 7) is 10.3. The first-order valence-electron chi connectivity index (χ1n) is 9.53. The van der Waals surface area contributed by atoms with Gasteiger partial charge in [0.15, 0.2) is 0 Å². The van der Waals surface area contributed by atoms with Gasteiger partial charge in [-0.1, -0.05) is 65.0 Å². The Morgan fingerprint density at radius 2 is 1.79 bits per heavy atom. The molecule has 0 aliphatic heterocycles. The minimum absolute atomic E-state index is 0. The molecule has 1 aromatic carbocycles. The minimum Gasteiger partial charge on any atom is -0.346 e. The van der Waals surface area contributed by atoms with E-state index >= 15 is 0 Å². The maximum Gasteiger partial charge on any atom is 0.244 e. The van der Waals surface area contributed by atoms with Crippen molar-refractivity contribution in [2.24, 2.45) is 11.7 Å². The molecule has 0 saturated heterocycles. The number of anilines is 1. The van der Waals surface area contributed by atoms with E-state index < -0.39 is 6.04 Å². The Labute approximate surface area is 178 Å². The van der Waals surface area contributed by atoms with E-state index in [-0.39, 0.29) is 42.1 Å². The van der Waals surface area contributed by atoms with Crippen molar-refractivity contribution in [2.45, 2.75) is 52.6 Å². The van der Waals surface area contributed by atoms with Crippen molar-refractivity contribution >= 4 is 30.0 Å². The zero-order valence-corrected chi connectivity index (χ0v) is 18.5. The Balaban J connectivity index is 0.00000420. The lowest BCUT2D eigenvalue weighted by Gasteiger charge is -2.15. The van der Waals surface area contributed by atoms with Crippen LogP contribution in [0.15, 0.2) is 36.4 Å². The lowest BCUT2D eigenvalue weighted by atomic mass is 9.92. The zero-order chi connectivity index (χ0) is 20.9. The van der Waals surface area contributed by atoms with Crippen molar-refractivity contribution < 1.29 is 9.59 Å². The van der Waals surface area contributed by atoms with Gasteiger partial charge in [0.2, 0.25) is 11.8 Å². The normalized spacial score (nSPS) is 12.2. The van der Waals surface area contributed by atoms with E-state index in [2.05, 4.69) is 36.5 Å². The molecular formula is C21H32ClN5O2. The van der Waals surface area contributed by atoms with Crippen LogP contribution in [0.4, 0.5) is 5.82 Å². The van der Waals surface area contributed by atoms with E-state index in [0.29, 0.717) is 12.4 Å². The molecule has 0 saturated carbocycles. The van der Waals surface area contributed by atoms with Gasteiger partial charge in [-0.05, 0) is 11.5 Å². The summed E-state index contributed by atoms with van der Waals surface area (Å²) in [6.07, 6.45) is 0. The minimum atomic E-state index is -0.635. The van der Waals surface area contributed by atoms with Crippen molar-refractivity contribution in [1.82, 2.24) is 15.1 Å². The molecule has 1 aromatic heterocycles. The second kappa shape index (κ2) is 10.4. The average molecular weight is 422 g/mol. The van der Waals surface area contributed by atoms with Crippen LogP contribution >= 0.6 is 12.4 Å². The fourth-order valence-electron chi connectivity index (χ4n) is 2.54. The first-order valence-corrected chi connectivity index (χ1v) is 9.53. The van der Waals surface area contributed by atoms with E-state index in [9.17, 15) is 9.59 Å². The van der Waals surface area contributed by atoms with Gasteiger partial charge >= 0.3 is 0 Å². The summed E-state index contributed by atoms with van der Waals surface area (Å²) in [5.41, 5.74) is 7.61. The third-order valence-electron chi connectivity index (χ3n) is 4.44. The number of nitrogens with one attached hydrogen (secondary N) is 2. The Hall–Kier alpha value is -2.38. The summed E-state index contributed by atoms with van der Waals surface area (Å²) in [7, 11) is 0. The van der Waals surface area contributed by atoms with Crippen LogP contribution in [0, 0.1) is 5.92 Å². The summed E-state index contributed by atoms with van der Waals surface area (Å²) in [4.78, 5) is 24.3. The fourth-order valence-corrected chi connectivity index (χ4v) is 2.54. The van der Waals surface area contributed by atoms with Crippen molar-refractivity contribution in [3.8, 4) is 0 Å². The summed E-state index contributed by atoms with van der Waals surface area (Å²) < 4.78 is 1.77. The molecule has 0 unspecified atom stereocenters. The highest BCUT2D eigenvalue weighted by atomic mass is 35.5. The number of nitrogens with zero attached hydrogens (tertiary/aromatic N) is 2. The molecule has 7 nitrogen and oxygen atoms in total. The van der Waals surface area contributed by atoms with Crippen LogP contribution in [0.5, 0.6) is 0 Å². The summed E-state index contributed by atoms with van der Waals surface area (Å²) in [6, 6.07) is 11.2. The molecule has 0 bridgehead atoms. The number of nitrogens with two attached hydrogens (primary N) is 1. The maximum atomic E-state index is 12.4. The van der Waals surface area contributed by atoms with E-state index in [1.165, 1.54) is 0 Å². The number of aromatic nitrogens is 2. The first-order chi connectivity index (χ1) is 13.1. The highest BCUT2D eigenvalue weighted by Crippen LogP contribution is 2.24. The summed E-state index contributed by atoms with van der Waals surface area (Å²) >= 11 is 0. The second-order valence-electron chi connectivity index (χ2n) is 8.34. The molecule has 1 heterocycles. The van der Waals surface area contributed by atoms with E-state index in [1.807, 2.05) is 50.2 Å². The topological polar surface area (TPSA) is 102 Å². The standard InChI is InChI=1S/C21H31N5O2.ClH/c1-14(2)19(22)20(28)23-12-18(27)24-17-11-16(21(3,4)5)25-26(17)13-15-9-7-6-8-10-15;/h6-11,14,19H,12-13,22H2,1-5H3,(H,23,28)(H,24,27);1H/t19-;/m0./s1. The molecule has 2 amide bonds. The van der Waals surface area contributed by atoms with E-state index in [1.54, 1.807) is 4.68 Å². The molecule has 2 rings (SSSR count). The van der Waals surface area contributed by atoms with Crippen molar-refractivity contribution in [3.63, 3.8) is 0 Å². The molecule has 0 aliphatic carbocycles. The van der Waals surface area contributed by atoms with Gasteiger partial charge in [0, 0.05) is 11.5 Å². The molecular weight excluding hydrogens is 390 g/mol. The third kappa shape index (κ3) is 7.18. The summed E-state index contributed by atoms with van der Waals surface area (Å²) in [5, 5.41) is 10.1. The number of halogens is 1. The van der Waals surface area contributed by atoms with Crippen LogP contribution in [0.1, 0.15) is 45.9 Å². The number of carbonyl (C=O) groups excluding carboxylic acids is 2. The van der Waals surface area contributed by atoms with Crippen LogP contribution in [0.25, 0.3) is 0 Å². The number of hydrogen-bond acceptors (Lipinski definition) is 4. The third-order valence-corrected chi connectivity index (χ3v) is 4.44. The Kier molecular flexibility index (Phi) is 8.85. The Bertz CT molecular complexity index is 812. The lowest BCUT2D eigenvalue weighted by Crippen LogP contribution is -2.46. The predicted octanol–water partition coefficient (Wildman–Crippen LogP) is 2.69. The van der Waals surface area contributed by atoms with Gasteiger partial charge in [-0.3, -0.25) is 9.59 Å². The molecule has 0 aliphatic rings. The van der Waals surface area contributed by atoms with Gasteiger partial charge in [-0.2, -0.15) is 5.10 Å². The number of carbonyl (C=O) groups is 2. The molecule has 4 N–H and O–H groups in total. The molecule has 0 spiro atoms. The van der Waals surface area contributed by atoms with Gasteiger partial charge in [0.1, 0.15) is 5.82 Å². The maximum absolute atomic E-state index is 12.4. The number of hydrogen-bond donors (Lipinski definition) is 3. The molecule has 29 heavy (non-hydrogen) atoms. The van der Waals surface area contributed by atoms with Crippen LogP contribution in [0.3, 0.4) is 0 Å². The highest BCUT2D eigenvalue weighted by Gasteiger charge is 2.22. The van der Waals surface area contributed by atoms with Crippen LogP contribution in [-0.2, 0) is 21.5 Å². The van der Waals surface area contributed by atoms with Gasteiger partial charge < -0.3 is 16.4 Å². The van der Waals surface area contributed by atoms with Crippen molar-refractivity contribution in [1.29, 1.82) is 0 Å². The van der Waals surface area contributed by atoms with Gasteiger partial charge in [0.05, 0.1) is 24.8 Å². The molecule has 8 heteroatoms. The predicted molar refractivity (Wildman–Crippen MR) is 118 cm³/mol. The Morgan fingerprint density at radius 1 is 1.17 bits per heavy atom. The first kappa shape index (κ1) is 24.7. The van der Waals surface area contributed by atoms with Crippen LogP contribution in [0.2, 0.25) is 0 Å². The molecule has 0 fully saturated rings. The SMILES string of the molecule is CC(C)[C@H](N)C(=O)NCC(=O)Nc1cc(C(C)(C)C)nn1Cc1ccccc1.Cl. The van der Waals surface area contributed by atoms with Crippen LogP contribution < -0.4 is 16.4 Å². The largest absolute Gasteiger partial charge is 0.346 e. The zero-order valence-electron chi connectivity index (χ0n) is 17.7. The second-order valence-corrected chi connectivity index (χ2v) is 8.34. The van der Waals surface area contributed by atoms with Gasteiger partial charge in [-0.25, -0.2) is 4.68 Å². The number of amides is 2. The fraction of sp³-hybridized carbons (Fsp3) is 0.476. The van der Waals surface area contributed by atoms with E-state index in [4.69, 9.17) is 5.73 Å². The summed E-state index contributed by atoms with van der Waals surface area (Å²) in [5.74, 6) is -0.0526. The highest BCUT2D eigenvalue weighted by molar-refractivity contribution is 5.94. The Morgan fingerprint density at radius 3 is 2.34 bits per heavy atom. The number of benzene rings is 1. The van der Waals surface area contributed by atoms with Gasteiger partial charge in [-0.15, -0.1) is 12.4 Å². The van der Waals surface area contributed by atoms with Crippen molar-refractivity contribution in [2.75, 3.05) is 11.9 Å². The molecule has 2 aromatic rings. The van der Waals surface area contributed by atoms with Crippen molar-refractivity contribution in [3.05, 3.63) is 47.7 Å². The molecule has 160 valence electrons. The monoisotopic (exact) mass is 421 g/mol. The lowest BCUT2D eigenvalue weighted by molar-refractivity contribution is -0.125. The van der Waals surface area contributed by atoms with Crippen LogP contribution in [-0.4, -0.2) is 34.2 Å². The van der Waals surface area contributed by atoms with Gasteiger partial charge in [0.25, 0.3) is 0 Å². The molecule has 1 atom stereocenters. The smallest absolute Gasteiger partial charge is 0.244 e. The molecule has 0 radical (unpaired) electrons. The van der Waals surface area contributed by atoms with E-state index in [0.717, 1.165) is 11.3 Å². The number of rotatable bonds is 7.